The van der Waals surface area contributed by atoms with Gasteiger partial charge in [-0.2, -0.15) is 0 Å². The Morgan fingerprint density at radius 2 is 1.80 bits per heavy atom. The average Bonchev–Trinajstić information content (AvgIpc) is 3.37. The maximum atomic E-state index is 13.1. The smallest absolute Gasteiger partial charge is 0.252 e. The van der Waals surface area contributed by atoms with E-state index in [9.17, 15) is 14.4 Å². The van der Waals surface area contributed by atoms with Crippen LogP contribution >= 0.6 is 12.2 Å². The van der Waals surface area contributed by atoms with Gasteiger partial charge in [0.05, 0.1) is 13.0 Å². The number of hydrogen-bond donors (Lipinski definition) is 1. The van der Waals surface area contributed by atoms with E-state index in [1.807, 2.05) is 43.0 Å². The molecule has 0 saturated carbocycles. The lowest BCUT2D eigenvalue weighted by Crippen LogP contribution is -2.37. The highest BCUT2D eigenvalue weighted by atomic mass is 32.1. The van der Waals surface area contributed by atoms with Crippen molar-refractivity contribution in [2.45, 2.75) is 45.7 Å². The number of hydrogen-bond acceptors (Lipinski definition) is 5. The second-order valence-electron chi connectivity index (χ2n) is 8.53. The van der Waals surface area contributed by atoms with Gasteiger partial charge in [0.1, 0.15) is 11.8 Å². The first-order valence-electron chi connectivity index (χ1n) is 11.9. The standard InChI is InChI=1S/C26H30N4O4S/c1-3-28-25(33)22(16-23(31)27-19-9-13-21(14-10-19)34-4-2)30(26(28)35)17-18-7-11-20(12-8-18)29-15-5-6-24(29)32/h7-14,22H,3-6,15-17H2,1-2H3,(H,27,31). The second-order valence-corrected chi connectivity index (χ2v) is 8.90. The number of benzene rings is 2. The van der Waals surface area contributed by atoms with E-state index in [-0.39, 0.29) is 24.1 Å². The van der Waals surface area contributed by atoms with Crippen LogP contribution in [0.5, 0.6) is 5.75 Å². The lowest BCUT2D eigenvalue weighted by atomic mass is 10.1. The highest BCUT2D eigenvalue weighted by molar-refractivity contribution is 7.80. The van der Waals surface area contributed by atoms with Gasteiger partial charge in [-0.1, -0.05) is 12.1 Å². The van der Waals surface area contributed by atoms with Gasteiger partial charge >= 0.3 is 0 Å². The van der Waals surface area contributed by atoms with E-state index in [1.54, 1.807) is 34.1 Å². The SMILES string of the molecule is CCOc1ccc(NC(=O)CC2C(=O)N(CC)C(=S)N2Cc2ccc(N3CCCC3=O)cc2)cc1. The van der Waals surface area contributed by atoms with Crippen LogP contribution in [0.3, 0.4) is 0 Å². The number of nitrogens with one attached hydrogen (secondary N) is 1. The zero-order valence-corrected chi connectivity index (χ0v) is 20.8. The van der Waals surface area contributed by atoms with E-state index in [0.717, 1.165) is 30.0 Å². The normalized spacial score (nSPS) is 17.9. The minimum absolute atomic E-state index is 0.0109. The lowest BCUT2D eigenvalue weighted by molar-refractivity contribution is -0.130. The van der Waals surface area contributed by atoms with Crippen molar-refractivity contribution in [3.05, 3.63) is 54.1 Å². The minimum atomic E-state index is -0.676. The second kappa shape index (κ2) is 10.9. The van der Waals surface area contributed by atoms with E-state index in [1.165, 1.54) is 0 Å². The molecule has 8 nitrogen and oxygen atoms in total. The Balaban J connectivity index is 1.45. The van der Waals surface area contributed by atoms with Crippen LogP contribution in [0.25, 0.3) is 0 Å². The number of carbonyl (C=O) groups excluding carboxylic acids is 3. The topological polar surface area (TPSA) is 82.2 Å². The molecule has 3 amide bonds. The van der Waals surface area contributed by atoms with Crippen molar-refractivity contribution >= 4 is 46.4 Å². The molecule has 2 aromatic rings. The molecule has 2 fully saturated rings. The van der Waals surface area contributed by atoms with Crippen molar-refractivity contribution < 1.29 is 19.1 Å². The van der Waals surface area contributed by atoms with Crippen LogP contribution in [-0.2, 0) is 20.9 Å². The molecule has 184 valence electrons. The summed E-state index contributed by atoms with van der Waals surface area (Å²) in [4.78, 5) is 43.1. The summed E-state index contributed by atoms with van der Waals surface area (Å²) >= 11 is 5.60. The molecular weight excluding hydrogens is 464 g/mol. The number of ether oxygens (including phenoxy) is 1. The fraction of sp³-hybridized carbons (Fsp3) is 0.385. The molecular formula is C26H30N4O4S. The molecule has 2 heterocycles. The van der Waals surface area contributed by atoms with E-state index >= 15 is 0 Å². The van der Waals surface area contributed by atoms with Gasteiger partial charge in [-0.15, -0.1) is 0 Å². The molecule has 2 aliphatic heterocycles. The summed E-state index contributed by atoms with van der Waals surface area (Å²) in [6, 6.07) is 14.2. The van der Waals surface area contributed by atoms with Crippen LogP contribution in [-0.4, -0.2) is 58.4 Å². The summed E-state index contributed by atoms with van der Waals surface area (Å²) in [6.07, 6.45) is 1.44. The van der Waals surface area contributed by atoms with Crippen LogP contribution in [0.1, 0.15) is 38.7 Å². The van der Waals surface area contributed by atoms with Crippen molar-refractivity contribution in [1.29, 1.82) is 0 Å². The van der Waals surface area contributed by atoms with Crippen LogP contribution in [0.2, 0.25) is 0 Å². The zero-order chi connectivity index (χ0) is 24.9. The van der Waals surface area contributed by atoms with Gasteiger partial charge in [-0.25, -0.2) is 0 Å². The number of nitrogens with zero attached hydrogens (tertiary/aromatic N) is 3. The summed E-state index contributed by atoms with van der Waals surface area (Å²) in [6.45, 7) is 5.93. The van der Waals surface area contributed by atoms with Crippen molar-refractivity contribution in [3.8, 4) is 5.75 Å². The fourth-order valence-corrected chi connectivity index (χ4v) is 4.86. The first kappa shape index (κ1) is 24.7. The Morgan fingerprint density at radius 1 is 1.09 bits per heavy atom. The van der Waals surface area contributed by atoms with E-state index in [2.05, 4.69) is 5.32 Å². The van der Waals surface area contributed by atoms with Crippen LogP contribution in [0.15, 0.2) is 48.5 Å². The molecule has 1 N–H and O–H groups in total. The van der Waals surface area contributed by atoms with Crippen molar-refractivity contribution in [2.24, 2.45) is 0 Å². The van der Waals surface area contributed by atoms with Crippen molar-refractivity contribution in [2.75, 3.05) is 29.9 Å². The van der Waals surface area contributed by atoms with Crippen LogP contribution in [0, 0.1) is 0 Å². The zero-order valence-electron chi connectivity index (χ0n) is 20.0. The minimum Gasteiger partial charge on any atom is -0.494 e. The summed E-state index contributed by atoms with van der Waals surface area (Å²) in [5.74, 6) is 0.438. The van der Waals surface area contributed by atoms with Gasteiger partial charge < -0.3 is 19.9 Å². The van der Waals surface area contributed by atoms with Gasteiger partial charge in [0, 0.05) is 37.4 Å². The number of rotatable bonds is 9. The maximum absolute atomic E-state index is 13.1. The number of carbonyl (C=O) groups is 3. The number of amides is 3. The third kappa shape index (κ3) is 5.45. The van der Waals surface area contributed by atoms with Gasteiger partial charge in [-0.3, -0.25) is 19.3 Å². The first-order valence-corrected chi connectivity index (χ1v) is 12.4. The molecule has 2 aliphatic rings. The quantitative estimate of drug-likeness (QED) is 0.537. The average molecular weight is 495 g/mol. The van der Waals surface area contributed by atoms with E-state index in [4.69, 9.17) is 17.0 Å². The Bertz CT molecular complexity index is 1100. The highest BCUT2D eigenvalue weighted by Crippen LogP contribution is 2.26. The predicted octanol–water partition coefficient (Wildman–Crippen LogP) is 3.56. The number of anilines is 2. The van der Waals surface area contributed by atoms with Crippen LogP contribution < -0.4 is 15.0 Å². The molecule has 9 heteroatoms. The van der Waals surface area contributed by atoms with Gasteiger partial charge in [-0.05, 0) is 74.4 Å². The van der Waals surface area contributed by atoms with Gasteiger partial charge in [0.15, 0.2) is 5.11 Å². The molecule has 0 bridgehead atoms. The predicted molar refractivity (Wildman–Crippen MR) is 138 cm³/mol. The molecule has 1 atom stereocenters. The first-order chi connectivity index (χ1) is 16.9. The third-order valence-corrected chi connectivity index (χ3v) is 6.68. The van der Waals surface area contributed by atoms with Crippen LogP contribution in [0.4, 0.5) is 11.4 Å². The highest BCUT2D eigenvalue weighted by Gasteiger charge is 2.42. The third-order valence-electron chi connectivity index (χ3n) is 6.22. The number of likely N-dealkylation sites (N-methyl/N-ethyl adjacent to an activating group) is 1. The van der Waals surface area contributed by atoms with Gasteiger partial charge in [0.25, 0.3) is 5.91 Å². The molecule has 0 radical (unpaired) electrons. The molecule has 2 saturated heterocycles. The van der Waals surface area contributed by atoms with Gasteiger partial charge in [0.2, 0.25) is 11.8 Å². The monoisotopic (exact) mass is 494 g/mol. The summed E-state index contributed by atoms with van der Waals surface area (Å²) in [7, 11) is 0. The fourth-order valence-electron chi connectivity index (χ4n) is 4.45. The molecule has 35 heavy (non-hydrogen) atoms. The maximum Gasteiger partial charge on any atom is 0.252 e. The van der Waals surface area contributed by atoms with Crippen molar-refractivity contribution in [1.82, 2.24) is 9.80 Å². The lowest BCUT2D eigenvalue weighted by Gasteiger charge is -2.24. The molecule has 0 spiro atoms. The summed E-state index contributed by atoms with van der Waals surface area (Å²) in [5.41, 5.74) is 2.46. The Hall–Kier alpha value is -3.46. The Labute approximate surface area is 210 Å². The molecule has 4 rings (SSSR count). The molecule has 0 aromatic heterocycles. The number of thiocarbonyl (C=S) groups is 1. The summed E-state index contributed by atoms with van der Waals surface area (Å²) in [5, 5.41) is 3.29. The van der Waals surface area contributed by atoms with Crippen molar-refractivity contribution in [3.63, 3.8) is 0 Å². The summed E-state index contributed by atoms with van der Waals surface area (Å²) < 4.78 is 5.43. The van der Waals surface area contributed by atoms with E-state index < -0.39 is 6.04 Å². The van der Waals surface area contributed by atoms with E-state index in [0.29, 0.717) is 36.9 Å². The molecule has 1 unspecified atom stereocenters. The molecule has 2 aromatic carbocycles. The Morgan fingerprint density at radius 3 is 2.40 bits per heavy atom. The largest absolute Gasteiger partial charge is 0.494 e. The Kier molecular flexibility index (Phi) is 7.65. The molecule has 0 aliphatic carbocycles.